The number of nitrogens with two attached hydrogens (primary N) is 1. The van der Waals surface area contributed by atoms with E-state index in [4.69, 9.17) is 15.9 Å². The molecule has 0 spiro atoms. The lowest BCUT2D eigenvalue weighted by Gasteiger charge is -2.20. The van der Waals surface area contributed by atoms with Gasteiger partial charge in [0.1, 0.15) is 23.7 Å². The van der Waals surface area contributed by atoms with Crippen LogP contribution in [0.25, 0.3) is 6.08 Å². The molecule has 2 aromatic rings. The van der Waals surface area contributed by atoms with Gasteiger partial charge in [0, 0.05) is 12.5 Å². The molecule has 158 valence electrons. The van der Waals surface area contributed by atoms with Gasteiger partial charge >= 0.3 is 0 Å². The lowest BCUT2D eigenvalue weighted by Crippen LogP contribution is -2.26. The third-order valence-corrected chi connectivity index (χ3v) is 4.28. The first-order chi connectivity index (χ1) is 14.0. The molecule has 8 nitrogen and oxygen atoms in total. The van der Waals surface area contributed by atoms with E-state index in [0.29, 0.717) is 18.1 Å². The van der Waals surface area contributed by atoms with Gasteiger partial charge in [-0.15, -0.1) is 0 Å². The van der Waals surface area contributed by atoms with Crippen LogP contribution in [0.1, 0.15) is 56.2 Å². The highest BCUT2D eigenvalue weighted by Crippen LogP contribution is 2.16. The molecular weight excluding hydrogens is 368 g/mol. The molecule has 1 fully saturated rings. The number of hydrogen-bond acceptors (Lipinski definition) is 6. The lowest BCUT2D eigenvalue weighted by molar-refractivity contribution is -0.106. The van der Waals surface area contributed by atoms with Crippen LogP contribution in [0.2, 0.25) is 0 Å². The van der Waals surface area contributed by atoms with Crippen molar-refractivity contribution in [1.29, 1.82) is 5.41 Å². The number of aldehydes is 1. The maximum absolute atomic E-state index is 9.17. The third kappa shape index (κ3) is 10.8. The van der Waals surface area contributed by atoms with Gasteiger partial charge in [-0.2, -0.15) is 5.10 Å². The maximum atomic E-state index is 9.17. The summed E-state index contributed by atoms with van der Waals surface area (Å²) >= 11 is 0. The number of phenols is 1. The average molecular weight is 401 g/mol. The highest BCUT2D eigenvalue weighted by molar-refractivity contribution is 5.92. The number of H-pyrrole nitrogens is 1. The first-order valence-electron chi connectivity index (χ1n) is 9.76. The number of aromatic nitrogens is 3. The topological polar surface area (TPSA) is 141 Å². The summed E-state index contributed by atoms with van der Waals surface area (Å²) < 4.78 is 0. The van der Waals surface area contributed by atoms with Gasteiger partial charge in [-0.3, -0.25) is 10.5 Å². The quantitative estimate of drug-likeness (QED) is 0.297. The van der Waals surface area contributed by atoms with Gasteiger partial charge in [-0.25, -0.2) is 4.98 Å². The van der Waals surface area contributed by atoms with Gasteiger partial charge < -0.3 is 21.0 Å². The third-order valence-electron chi connectivity index (χ3n) is 4.28. The molecule has 0 amide bonds. The molecule has 8 heteroatoms. The monoisotopic (exact) mass is 400 g/mol. The van der Waals surface area contributed by atoms with Gasteiger partial charge in [0.05, 0.1) is 0 Å². The van der Waals surface area contributed by atoms with Crippen molar-refractivity contribution in [2.75, 3.05) is 7.05 Å². The molecule has 1 aliphatic rings. The Bertz CT molecular complexity index is 749. The minimum Gasteiger partial charge on any atom is -0.508 e. The van der Waals surface area contributed by atoms with E-state index >= 15 is 0 Å². The van der Waals surface area contributed by atoms with Crippen LogP contribution in [0.3, 0.4) is 0 Å². The van der Waals surface area contributed by atoms with Crippen molar-refractivity contribution in [3.8, 4) is 5.75 Å². The number of aromatic amines is 1. The van der Waals surface area contributed by atoms with Gasteiger partial charge in [0.25, 0.3) is 0 Å². The van der Waals surface area contributed by atoms with Crippen LogP contribution in [0, 0.1) is 5.41 Å². The van der Waals surface area contributed by atoms with Crippen molar-refractivity contribution in [3.05, 3.63) is 47.6 Å². The predicted octanol–water partition coefficient (Wildman–Crippen LogP) is 2.79. The molecule has 0 atom stereocenters. The summed E-state index contributed by atoms with van der Waals surface area (Å²) in [5.74, 6) is 1.39. The highest BCUT2D eigenvalue weighted by Gasteiger charge is 2.09. The Hall–Kier alpha value is -3.00. The van der Waals surface area contributed by atoms with Crippen molar-refractivity contribution >= 4 is 18.2 Å². The Morgan fingerprint density at radius 1 is 1.31 bits per heavy atom. The van der Waals surface area contributed by atoms with E-state index in [1.54, 1.807) is 18.2 Å². The Morgan fingerprint density at radius 2 is 1.93 bits per heavy atom. The Morgan fingerprint density at radius 3 is 2.45 bits per heavy atom. The summed E-state index contributed by atoms with van der Waals surface area (Å²) in [5, 5.41) is 26.3. The number of phenolic OH excluding ortho intramolecular Hbond substituents is 1. The highest BCUT2D eigenvalue weighted by atomic mass is 16.3. The fraction of sp³-hybridized carbons (Fsp3) is 0.429. The summed E-state index contributed by atoms with van der Waals surface area (Å²) in [6, 6.07) is 7.74. The van der Waals surface area contributed by atoms with E-state index in [1.807, 2.05) is 12.1 Å². The van der Waals surface area contributed by atoms with E-state index in [9.17, 15) is 5.11 Å². The van der Waals surface area contributed by atoms with Gasteiger partial charge in [0.15, 0.2) is 5.82 Å². The first kappa shape index (κ1) is 24.0. The minimum absolute atomic E-state index is 0.0418. The second kappa shape index (κ2) is 14.1. The number of benzene rings is 1. The summed E-state index contributed by atoms with van der Waals surface area (Å²) in [5.41, 5.74) is 6.21. The van der Waals surface area contributed by atoms with Crippen LogP contribution in [0.5, 0.6) is 5.75 Å². The minimum atomic E-state index is -0.0418. The molecular formula is C21H32N6O2. The van der Waals surface area contributed by atoms with Crippen molar-refractivity contribution in [1.82, 2.24) is 20.5 Å². The molecule has 0 saturated heterocycles. The summed E-state index contributed by atoms with van der Waals surface area (Å²) in [6.45, 7) is 1.44. The predicted molar refractivity (Wildman–Crippen MR) is 116 cm³/mol. The number of nitrogens with zero attached hydrogens (tertiary/aromatic N) is 2. The SMILES string of the molecule is CC=O.CNC1CCCCC1.N=C(N)/C=C\c1n[nH]c(Cc2ccc(O)cc2)n1. The lowest BCUT2D eigenvalue weighted by atomic mass is 9.96. The molecule has 0 bridgehead atoms. The zero-order valence-electron chi connectivity index (χ0n) is 17.2. The Labute approximate surface area is 172 Å². The molecule has 0 radical (unpaired) electrons. The molecule has 1 aliphatic carbocycles. The van der Waals surface area contributed by atoms with Crippen LogP contribution >= 0.6 is 0 Å². The number of amidine groups is 1. The average Bonchev–Trinajstić information content (AvgIpc) is 3.17. The molecule has 1 saturated carbocycles. The second-order valence-corrected chi connectivity index (χ2v) is 6.63. The number of aromatic hydroxyl groups is 1. The van der Waals surface area contributed by atoms with E-state index in [0.717, 1.165) is 17.9 Å². The maximum Gasteiger partial charge on any atom is 0.174 e. The fourth-order valence-corrected chi connectivity index (χ4v) is 2.83. The van der Waals surface area contributed by atoms with E-state index in [1.165, 1.54) is 45.1 Å². The van der Waals surface area contributed by atoms with Crippen molar-refractivity contribution in [2.24, 2.45) is 5.73 Å². The second-order valence-electron chi connectivity index (χ2n) is 6.63. The van der Waals surface area contributed by atoms with Crippen molar-refractivity contribution in [3.63, 3.8) is 0 Å². The molecule has 29 heavy (non-hydrogen) atoms. The largest absolute Gasteiger partial charge is 0.508 e. The smallest absolute Gasteiger partial charge is 0.174 e. The summed E-state index contributed by atoms with van der Waals surface area (Å²) in [7, 11) is 2.07. The molecule has 6 N–H and O–H groups in total. The Kier molecular flexibility index (Phi) is 11.7. The molecule has 0 unspecified atom stereocenters. The summed E-state index contributed by atoms with van der Waals surface area (Å²) in [6.07, 6.45) is 11.5. The van der Waals surface area contributed by atoms with Crippen LogP contribution < -0.4 is 11.1 Å². The van der Waals surface area contributed by atoms with E-state index in [2.05, 4.69) is 27.5 Å². The molecule has 3 rings (SSSR count). The number of nitrogens with one attached hydrogen (secondary N) is 3. The first-order valence-corrected chi connectivity index (χ1v) is 9.76. The number of hydrogen-bond donors (Lipinski definition) is 5. The fourth-order valence-electron chi connectivity index (χ4n) is 2.83. The van der Waals surface area contributed by atoms with Crippen molar-refractivity contribution < 1.29 is 9.90 Å². The van der Waals surface area contributed by atoms with E-state index < -0.39 is 0 Å². The molecule has 1 heterocycles. The van der Waals surface area contributed by atoms with Crippen LogP contribution in [-0.2, 0) is 11.2 Å². The number of carbonyl (C=O) groups excluding carboxylic acids is 1. The normalized spacial score (nSPS) is 13.7. The van der Waals surface area contributed by atoms with Crippen LogP contribution in [-0.4, -0.2) is 45.5 Å². The van der Waals surface area contributed by atoms with Gasteiger partial charge in [0.2, 0.25) is 0 Å². The molecule has 0 aliphatic heterocycles. The number of carbonyl (C=O) groups is 1. The van der Waals surface area contributed by atoms with Crippen LogP contribution in [0.4, 0.5) is 0 Å². The van der Waals surface area contributed by atoms with Gasteiger partial charge in [-0.05, 0) is 56.7 Å². The van der Waals surface area contributed by atoms with E-state index in [-0.39, 0.29) is 11.6 Å². The standard InChI is InChI=1S/C12H13N5O.C7H15N.C2H4O/c13-10(14)5-6-11-15-12(17-16-11)7-8-1-3-9(18)4-2-8;1-8-7-5-3-2-4-6-7;1-2-3/h1-6,18H,7H2,(H3,13,14)(H,15,16,17);7-8H,2-6H2,1H3;2H,1H3/b6-5-;;. The summed E-state index contributed by atoms with van der Waals surface area (Å²) in [4.78, 5) is 13.0. The molecule has 1 aromatic carbocycles. The van der Waals surface area contributed by atoms with Gasteiger partial charge in [-0.1, -0.05) is 31.4 Å². The zero-order valence-corrected chi connectivity index (χ0v) is 17.2. The van der Waals surface area contributed by atoms with Crippen molar-refractivity contribution in [2.45, 2.75) is 51.5 Å². The van der Waals surface area contributed by atoms with Crippen LogP contribution in [0.15, 0.2) is 30.3 Å². The zero-order chi connectivity index (χ0) is 21.5. The Balaban J connectivity index is 0.000000317. The molecule has 1 aromatic heterocycles. The number of rotatable bonds is 5.